The summed E-state index contributed by atoms with van der Waals surface area (Å²) >= 11 is 0. The molecule has 5 rings (SSSR count). The van der Waals surface area contributed by atoms with Crippen molar-refractivity contribution in [2.75, 3.05) is 32.5 Å². The third-order valence-electron chi connectivity index (χ3n) is 6.13. The van der Waals surface area contributed by atoms with E-state index in [9.17, 15) is 4.79 Å². The number of anilines is 1. The van der Waals surface area contributed by atoms with Crippen LogP contribution in [0.3, 0.4) is 0 Å². The van der Waals surface area contributed by atoms with Gasteiger partial charge in [-0.15, -0.1) is 0 Å². The van der Waals surface area contributed by atoms with Crippen molar-refractivity contribution in [3.8, 4) is 17.2 Å². The highest BCUT2D eigenvalue weighted by atomic mass is 16.1. The Morgan fingerprint density at radius 2 is 1.97 bits per heavy atom. The largest absolute Gasteiger partial charge is 0.350 e. The highest BCUT2D eigenvalue weighted by Gasteiger charge is 2.20. The van der Waals surface area contributed by atoms with Crippen molar-refractivity contribution in [2.24, 2.45) is 0 Å². The van der Waals surface area contributed by atoms with Crippen LogP contribution >= 0.6 is 0 Å². The highest BCUT2D eigenvalue weighted by molar-refractivity contribution is 5.86. The molecule has 4 aromatic rings. The van der Waals surface area contributed by atoms with Gasteiger partial charge < -0.3 is 15.1 Å². The lowest BCUT2D eigenvalue weighted by Gasteiger charge is -2.30. The van der Waals surface area contributed by atoms with Crippen LogP contribution in [0.1, 0.15) is 18.5 Å². The van der Waals surface area contributed by atoms with Crippen molar-refractivity contribution < 1.29 is 4.79 Å². The Kier molecular flexibility index (Phi) is 6.22. The Balaban J connectivity index is 1.52. The molecular formula is C26H29N7O. The van der Waals surface area contributed by atoms with Gasteiger partial charge in [0.1, 0.15) is 11.6 Å². The monoisotopic (exact) mass is 455 g/mol. The molecule has 0 radical (unpaired) electrons. The van der Waals surface area contributed by atoms with Gasteiger partial charge in [-0.1, -0.05) is 36.4 Å². The zero-order valence-electron chi connectivity index (χ0n) is 19.6. The third-order valence-corrected chi connectivity index (χ3v) is 6.13. The molecule has 8 heteroatoms. The molecule has 1 amide bonds. The maximum absolute atomic E-state index is 11.2. The number of aromatic nitrogens is 4. The Morgan fingerprint density at radius 1 is 1.12 bits per heavy atom. The molecule has 34 heavy (non-hydrogen) atoms. The molecule has 1 aliphatic rings. The first kappa shape index (κ1) is 22.0. The molecule has 0 spiro atoms. The Bertz CT molecular complexity index is 1300. The van der Waals surface area contributed by atoms with E-state index >= 15 is 0 Å². The molecule has 1 aliphatic heterocycles. The number of imidazole rings is 1. The van der Waals surface area contributed by atoms with E-state index < -0.39 is 0 Å². The molecular weight excluding hydrogens is 426 g/mol. The Morgan fingerprint density at radius 3 is 2.79 bits per heavy atom. The summed E-state index contributed by atoms with van der Waals surface area (Å²) in [4.78, 5) is 29.2. The van der Waals surface area contributed by atoms with Gasteiger partial charge in [-0.2, -0.15) is 4.98 Å². The van der Waals surface area contributed by atoms with Crippen molar-refractivity contribution >= 4 is 23.1 Å². The number of carbonyl (C=O) groups is 1. The second-order valence-corrected chi connectivity index (χ2v) is 9.03. The quantitative estimate of drug-likeness (QED) is 0.429. The molecule has 2 aromatic heterocycles. The molecule has 1 saturated heterocycles. The van der Waals surface area contributed by atoms with Crippen LogP contribution in [-0.2, 0) is 11.3 Å². The molecule has 1 fully saturated rings. The predicted octanol–water partition coefficient (Wildman–Crippen LogP) is 3.58. The first-order valence-electron chi connectivity index (χ1n) is 11.6. The number of piperidine rings is 1. The number of carbonyl (C=O) groups excluding carboxylic acids is 1. The fourth-order valence-electron chi connectivity index (χ4n) is 4.56. The fraction of sp³-hybridized carbons (Fsp3) is 0.308. The minimum absolute atomic E-state index is 0.137. The maximum atomic E-state index is 11.2. The van der Waals surface area contributed by atoms with Crippen molar-refractivity contribution in [1.82, 2.24) is 29.3 Å². The zero-order chi connectivity index (χ0) is 23.5. The lowest BCUT2D eigenvalue weighted by molar-refractivity contribution is -0.119. The lowest BCUT2D eigenvalue weighted by Crippen LogP contribution is -2.41. The van der Waals surface area contributed by atoms with Gasteiger partial charge in [0, 0.05) is 37.4 Å². The first-order valence-corrected chi connectivity index (χ1v) is 11.6. The number of nitrogens with one attached hydrogen (secondary N) is 1. The third kappa shape index (κ3) is 4.63. The van der Waals surface area contributed by atoms with Gasteiger partial charge in [-0.05, 0) is 49.8 Å². The molecule has 8 nitrogen and oxygen atoms in total. The normalized spacial score (nSPS) is 16.2. The summed E-state index contributed by atoms with van der Waals surface area (Å²) < 4.78 is 2.11. The van der Waals surface area contributed by atoms with Crippen LogP contribution in [-0.4, -0.2) is 69.0 Å². The van der Waals surface area contributed by atoms with E-state index in [2.05, 4.69) is 56.2 Å². The van der Waals surface area contributed by atoms with Crippen LogP contribution < -0.4 is 5.32 Å². The number of benzene rings is 2. The van der Waals surface area contributed by atoms with E-state index in [0.717, 1.165) is 55.2 Å². The van der Waals surface area contributed by atoms with Crippen LogP contribution in [0.4, 0.5) is 5.95 Å². The summed E-state index contributed by atoms with van der Waals surface area (Å²) in [5.74, 6) is 2.17. The second-order valence-electron chi connectivity index (χ2n) is 9.03. The number of nitrogens with zero attached hydrogens (tertiary/aromatic N) is 6. The van der Waals surface area contributed by atoms with E-state index in [0.29, 0.717) is 12.5 Å². The number of likely N-dealkylation sites (tertiary alicyclic amines) is 1. The molecule has 1 unspecified atom stereocenters. The molecule has 2 aromatic carbocycles. The van der Waals surface area contributed by atoms with Gasteiger partial charge in [0.05, 0.1) is 11.9 Å². The molecule has 174 valence electrons. The van der Waals surface area contributed by atoms with Gasteiger partial charge in [-0.3, -0.25) is 9.36 Å². The summed E-state index contributed by atoms with van der Waals surface area (Å²) in [6.45, 7) is 2.20. The van der Waals surface area contributed by atoms with E-state index in [1.54, 1.807) is 11.1 Å². The smallest absolute Gasteiger partial charge is 0.224 e. The second kappa shape index (κ2) is 9.61. The highest BCUT2D eigenvalue weighted by Crippen LogP contribution is 2.27. The molecule has 3 heterocycles. The van der Waals surface area contributed by atoms with Crippen LogP contribution in [0.2, 0.25) is 0 Å². The van der Waals surface area contributed by atoms with Crippen LogP contribution in [0, 0.1) is 0 Å². The zero-order valence-corrected chi connectivity index (χ0v) is 19.6. The summed E-state index contributed by atoms with van der Waals surface area (Å²) in [6, 6.07) is 16.8. The number of hydrogen-bond donors (Lipinski definition) is 1. The average Bonchev–Trinajstić information content (AvgIpc) is 3.27. The van der Waals surface area contributed by atoms with Crippen LogP contribution in [0.15, 0.2) is 60.9 Å². The van der Waals surface area contributed by atoms with E-state index in [1.807, 2.05) is 32.4 Å². The van der Waals surface area contributed by atoms with Crippen molar-refractivity contribution in [3.05, 3.63) is 66.6 Å². The average molecular weight is 456 g/mol. The molecule has 0 saturated carbocycles. The number of amides is 1. The van der Waals surface area contributed by atoms with Gasteiger partial charge in [-0.25, -0.2) is 9.97 Å². The number of fused-ring (bicyclic) bond motifs is 1. The lowest BCUT2D eigenvalue weighted by atomic mass is 10.1. The van der Waals surface area contributed by atoms with Gasteiger partial charge in [0.2, 0.25) is 12.4 Å². The number of hydrogen-bond acceptors (Lipinski definition) is 6. The minimum Gasteiger partial charge on any atom is -0.350 e. The fourth-order valence-corrected chi connectivity index (χ4v) is 4.56. The molecule has 1 N–H and O–H groups in total. The van der Waals surface area contributed by atoms with Crippen molar-refractivity contribution in [1.29, 1.82) is 0 Å². The van der Waals surface area contributed by atoms with E-state index in [4.69, 9.17) is 9.97 Å². The topological polar surface area (TPSA) is 79.2 Å². The maximum Gasteiger partial charge on any atom is 0.224 e. The SMILES string of the molecule is CN(C)Cc1cnc(-c2ccc3ccccc3c2)n1-c1ccnc(NC2CCCN(C=O)C2)n1. The molecule has 0 bridgehead atoms. The summed E-state index contributed by atoms with van der Waals surface area (Å²) in [5, 5.41) is 5.79. The Labute approximate surface area is 199 Å². The van der Waals surface area contributed by atoms with E-state index in [-0.39, 0.29) is 6.04 Å². The standard InChI is InChI=1S/C26H29N7O/c1-31(2)17-23-15-28-25(21-10-9-19-6-3-4-7-20(19)14-21)33(23)24-11-12-27-26(30-24)29-22-8-5-13-32(16-22)18-34/h3-4,6-7,9-12,14-15,18,22H,5,8,13,16-17H2,1-2H3,(H,27,29,30). The Hall–Kier alpha value is -3.78. The van der Waals surface area contributed by atoms with Crippen molar-refractivity contribution in [2.45, 2.75) is 25.4 Å². The van der Waals surface area contributed by atoms with Crippen LogP contribution in [0.25, 0.3) is 28.0 Å². The number of rotatable bonds is 7. The summed E-state index contributed by atoms with van der Waals surface area (Å²) in [6.07, 6.45) is 6.56. The molecule has 0 aliphatic carbocycles. The van der Waals surface area contributed by atoms with Gasteiger partial charge >= 0.3 is 0 Å². The predicted molar refractivity (Wildman–Crippen MR) is 134 cm³/mol. The van der Waals surface area contributed by atoms with Crippen LogP contribution in [0.5, 0.6) is 0 Å². The van der Waals surface area contributed by atoms with E-state index in [1.165, 1.54) is 10.8 Å². The van der Waals surface area contributed by atoms with Gasteiger partial charge in [0.15, 0.2) is 0 Å². The summed E-state index contributed by atoms with van der Waals surface area (Å²) in [5.41, 5.74) is 2.08. The van der Waals surface area contributed by atoms with Crippen molar-refractivity contribution in [3.63, 3.8) is 0 Å². The first-order chi connectivity index (χ1) is 16.6. The minimum atomic E-state index is 0.137. The van der Waals surface area contributed by atoms with Gasteiger partial charge in [0.25, 0.3) is 0 Å². The summed E-state index contributed by atoms with van der Waals surface area (Å²) in [7, 11) is 4.09. The molecule has 1 atom stereocenters.